The molecule has 4 heteroatoms. The highest BCUT2D eigenvalue weighted by molar-refractivity contribution is 6.02. The number of nitrogens with zero attached hydrogens (tertiary/aromatic N) is 1. The fraction of sp³-hybridized carbons (Fsp3) is 0.250. The van der Waals surface area contributed by atoms with Crippen LogP contribution in [0.25, 0.3) is 0 Å². The van der Waals surface area contributed by atoms with E-state index in [9.17, 15) is 4.79 Å². The van der Waals surface area contributed by atoms with Crippen LogP contribution < -0.4 is 10.6 Å². The van der Waals surface area contributed by atoms with Crippen LogP contribution in [0.3, 0.4) is 0 Å². The zero-order valence-electron chi connectivity index (χ0n) is 6.66. The van der Waals surface area contributed by atoms with Crippen molar-refractivity contribution in [2.45, 2.75) is 13.0 Å². The average Bonchev–Trinajstić information content (AvgIpc) is 2.07. The summed E-state index contributed by atoms with van der Waals surface area (Å²) in [6.07, 6.45) is 3.35. The molecule has 0 unspecified atom stereocenters. The Morgan fingerprint density at radius 1 is 1.50 bits per heavy atom. The number of hydrogen-bond acceptors (Lipinski definition) is 3. The van der Waals surface area contributed by atoms with Gasteiger partial charge in [-0.2, -0.15) is 0 Å². The molecule has 0 aromatic carbocycles. The van der Waals surface area contributed by atoms with Crippen LogP contribution in [0.15, 0.2) is 18.5 Å². The molecule has 0 radical (unpaired) electrons. The van der Waals surface area contributed by atoms with Crippen LogP contribution in [0.5, 0.6) is 0 Å². The molecule has 2 N–H and O–H groups in total. The molecule has 4 nitrogen and oxygen atoms in total. The molecule has 1 amide bonds. The van der Waals surface area contributed by atoms with E-state index in [1.165, 1.54) is 0 Å². The van der Waals surface area contributed by atoms with Gasteiger partial charge < -0.3 is 10.6 Å². The molecule has 62 valence electrons. The Morgan fingerprint density at radius 2 is 2.33 bits per heavy atom. The molecule has 0 saturated carbocycles. The van der Waals surface area contributed by atoms with E-state index in [4.69, 9.17) is 0 Å². The lowest BCUT2D eigenvalue weighted by Gasteiger charge is -2.23. The first-order valence-corrected chi connectivity index (χ1v) is 3.79. The van der Waals surface area contributed by atoms with Gasteiger partial charge in [0.2, 0.25) is 5.91 Å². The zero-order chi connectivity index (χ0) is 8.55. The van der Waals surface area contributed by atoms with Gasteiger partial charge in [-0.1, -0.05) is 0 Å². The number of hydrogen-bond donors (Lipinski definition) is 2. The number of rotatable bonds is 0. The summed E-state index contributed by atoms with van der Waals surface area (Å²) < 4.78 is 0. The van der Waals surface area contributed by atoms with E-state index >= 15 is 0 Å². The molecule has 0 bridgehead atoms. The van der Waals surface area contributed by atoms with Gasteiger partial charge in [-0.05, 0) is 13.0 Å². The second-order valence-electron chi connectivity index (χ2n) is 2.78. The first kappa shape index (κ1) is 7.09. The lowest BCUT2D eigenvalue weighted by atomic mass is 10.2. The Morgan fingerprint density at radius 3 is 3.17 bits per heavy atom. The predicted molar refractivity (Wildman–Crippen MR) is 46.0 cm³/mol. The van der Waals surface area contributed by atoms with Gasteiger partial charge in [-0.25, -0.2) is 0 Å². The van der Waals surface area contributed by atoms with Crippen LogP contribution in [-0.4, -0.2) is 16.9 Å². The van der Waals surface area contributed by atoms with Gasteiger partial charge in [0.05, 0.1) is 17.6 Å². The molecule has 0 saturated heterocycles. The zero-order valence-corrected chi connectivity index (χ0v) is 6.66. The Balaban J connectivity index is 2.40. The predicted octanol–water partition coefficient (Wildman–Crippen LogP) is 0.834. The van der Waals surface area contributed by atoms with E-state index < -0.39 is 0 Å². The van der Waals surface area contributed by atoms with Crippen LogP contribution in [0.4, 0.5) is 11.4 Å². The number of amides is 1. The van der Waals surface area contributed by atoms with Gasteiger partial charge in [0.1, 0.15) is 6.04 Å². The number of pyridine rings is 1. The highest BCUT2D eigenvalue weighted by atomic mass is 16.2. The lowest BCUT2D eigenvalue weighted by molar-refractivity contribution is -0.116. The monoisotopic (exact) mass is 163 g/mol. The quantitative estimate of drug-likeness (QED) is 0.595. The van der Waals surface area contributed by atoms with Crippen molar-refractivity contribution in [3.63, 3.8) is 0 Å². The number of anilines is 2. The van der Waals surface area contributed by atoms with E-state index in [0.717, 1.165) is 11.4 Å². The fourth-order valence-corrected chi connectivity index (χ4v) is 1.16. The molecular weight excluding hydrogens is 154 g/mol. The maximum absolute atomic E-state index is 11.2. The van der Waals surface area contributed by atoms with Crippen LogP contribution in [0, 0.1) is 0 Å². The minimum Gasteiger partial charge on any atom is -0.371 e. The summed E-state index contributed by atoms with van der Waals surface area (Å²) >= 11 is 0. The molecule has 0 aliphatic carbocycles. The maximum atomic E-state index is 11.2. The van der Waals surface area contributed by atoms with Crippen molar-refractivity contribution in [2.24, 2.45) is 0 Å². The van der Waals surface area contributed by atoms with Crippen molar-refractivity contribution < 1.29 is 4.79 Å². The molecule has 1 aliphatic heterocycles. The van der Waals surface area contributed by atoms with Gasteiger partial charge in [0.15, 0.2) is 0 Å². The number of carbonyl (C=O) groups excluding carboxylic acids is 1. The van der Waals surface area contributed by atoms with Crippen molar-refractivity contribution in [1.82, 2.24) is 4.98 Å². The highest BCUT2D eigenvalue weighted by Gasteiger charge is 2.20. The number of fused-ring (bicyclic) bond motifs is 1. The average molecular weight is 163 g/mol. The van der Waals surface area contributed by atoms with Gasteiger partial charge in [-0.3, -0.25) is 9.78 Å². The Bertz CT molecular complexity index is 324. The van der Waals surface area contributed by atoms with E-state index in [2.05, 4.69) is 15.6 Å². The van der Waals surface area contributed by atoms with Crippen LogP contribution in [0.2, 0.25) is 0 Å². The topological polar surface area (TPSA) is 54.0 Å². The molecule has 1 aromatic heterocycles. The number of aromatic nitrogens is 1. The van der Waals surface area contributed by atoms with E-state index in [1.54, 1.807) is 18.5 Å². The van der Waals surface area contributed by atoms with Crippen LogP contribution >= 0.6 is 0 Å². The van der Waals surface area contributed by atoms with Crippen molar-refractivity contribution in [3.05, 3.63) is 18.5 Å². The van der Waals surface area contributed by atoms with E-state index in [-0.39, 0.29) is 11.9 Å². The minimum atomic E-state index is -0.179. The van der Waals surface area contributed by atoms with Gasteiger partial charge in [-0.15, -0.1) is 0 Å². The summed E-state index contributed by atoms with van der Waals surface area (Å²) in [6, 6.07) is 1.59. The van der Waals surface area contributed by atoms with Gasteiger partial charge in [0.25, 0.3) is 0 Å². The molecule has 0 spiro atoms. The fourth-order valence-electron chi connectivity index (χ4n) is 1.16. The normalized spacial score (nSPS) is 20.8. The third-order valence-electron chi connectivity index (χ3n) is 1.84. The molecular formula is C8H9N3O. The first-order valence-electron chi connectivity index (χ1n) is 3.79. The van der Waals surface area contributed by atoms with E-state index in [1.807, 2.05) is 6.92 Å². The summed E-state index contributed by atoms with van der Waals surface area (Å²) in [5.41, 5.74) is 1.68. The molecule has 2 heterocycles. The van der Waals surface area contributed by atoms with Crippen LogP contribution in [0.1, 0.15) is 6.92 Å². The van der Waals surface area contributed by atoms with Gasteiger partial charge in [0, 0.05) is 6.20 Å². The third-order valence-corrected chi connectivity index (χ3v) is 1.84. The largest absolute Gasteiger partial charge is 0.371 e. The van der Waals surface area contributed by atoms with Crippen molar-refractivity contribution in [1.29, 1.82) is 0 Å². The van der Waals surface area contributed by atoms with Crippen molar-refractivity contribution in [3.8, 4) is 0 Å². The summed E-state index contributed by atoms with van der Waals surface area (Å²) in [4.78, 5) is 15.1. The Kier molecular flexibility index (Phi) is 1.46. The van der Waals surface area contributed by atoms with Gasteiger partial charge >= 0.3 is 0 Å². The Labute approximate surface area is 70.0 Å². The van der Waals surface area contributed by atoms with E-state index in [0.29, 0.717) is 0 Å². The molecule has 0 fully saturated rings. The van der Waals surface area contributed by atoms with Crippen molar-refractivity contribution >= 4 is 17.3 Å². The molecule has 1 aromatic rings. The second kappa shape index (κ2) is 2.48. The molecule has 12 heavy (non-hydrogen) atoms. The summed E-state index contributed by atoms with van der Waals surface area (Å²) in [5, 5.41) is 5.80. The molecule has 2 rings (SSSR count). The highest BCUT2D eigenvalue weighted by Crippen LogP contribution is 2.24. The second-order valence-corrected chi connectivity index (χ2v) is 2.78. The standard InChI is InChI=1S/C8H9N3O/c1-5-8(12)11-6-2-3-9-4-7(6)10-5/h2-5,10H,1H3,(H,11,12)/t5-/m1/s1. The summed E-state index contributed by atoms with van der Waals surface area (Å²) in [5.74, 6) is -0.00583. The number of carbonyl (C=O) groups is 1. The van der Waals surface area contributed by atoms with Crippen LogP contribution in [-0.2, 0) is 4.79 Å². The smallest absolute Gasteiger partial charge is 0.246 e. The first-order chi connectivity index (χ1) is 5.77. The maximum Gasteiger partial charge on any atom is 0.246 e. The molecule has 1 atom stereocenters. The Hall–Kier alpha value is -1.58. The molecule has 1 aliphatic rings. The lowest BCUT2D eigenvalue weighted by Crippen LogP contribution is -2.36. The minimum absolute atomic E-state index is 0.00583. The number of nitrogens with one attached hydrogen (secondary N) is 2. The third kappa shape index (κ3) is 1.01. The SMILES string of the molecule is C[C@H]1Nc2cnccc2NC1=O. The van der Waals surface area contributed by atoms with Crippen molar-refractivity contribution in [2.75, 3.05) is 10.6 Å². The summed E-state index contributed by atoms with van der Waals surface area (Å²) in [7, 11) is 0. The summed E-state index contributed by atoms with van der Waals surface area (Å²) in [6.45, 7) is 1.81.